The lowest BCUT2D eigenvalue weighted by Crippen LogP contribution is -2.16. The third-order valence-corrected chi connectivity index (χ3v) is 5.43. The average Bonchev–Trinajstić information content (AvgIpc) is 3.38. The molecular weight excluding hydrogens is 384 g/mol. The summed E-state index contributed by atoms with van der Waals surface area (Å²) in [7, 11) is 0. The van der Waals surface area contributed by atoms with E-state index in [1.165, 1.54) is 11.3 Å². The molecule has 6 heteroatoms. The van der Waals surface area contributed by atoms with E-state index in [-0.39, 0.29) is 11.7 Å². The van der Waals surface area contributed by atoms with E-state index in [9.17, 15) is 9.59 Å². The molecule has 5 nitrogen and oxygen atoms in total. The first-order valence-corrected chi connectivity index (χ1v) is 9.94. The van der Waals surface area contributed by atoms with E-state index < -0.39 is 0 Å². The van der Waals surface area contributed by atoms with Crippen LogP contribution in [0.4, 0.5) is 5.69 Å². The van der Waals surface area contributed by atoms with Crippen LogP contribution in [-0.2, 0) is 0 Å². The molecule has 0 aliphatic carbocycles. The number of hydrogen-bond donors (Lipinski definition) is 1. The number of benzene rings is 2. The second-order valence-corrected chi connectivity index (χ2v) is 7.50. The van der Waals surface area contributed by atoms with Crippen LogP contribution >= 0.6 is 11.3 Å². The van der Waals surface area contributed by atoms with Crippen molar-refractivity contribution in [2.24, 2.45) is 0 Å². The second-order valence-electron chi connectivity index (χ2n) is 6.55. The zero-order chi connectivity index (χ0) is 20.4. The first-order valence-electron chi connectivity index (χ1n) is 9.06. The maximum Gasteiger partial charge on any atom is 0.256 e. The van der Waals surface area contributed by atoms with E-state index in [1.807, 2.05) is 37.4 Å². The third-order valence-electron chi connectivity index (χ3n) is 4.56. The molecule has 2 aromatic heterocycles. The van der Waals surface area contributed by atoms with Gasteiger partial charge in [0.05, 0.1) is 16.1 Å². The zero-order valence-electron chi connectivity index (χ0n) is 15.9. The van der Waals surface area contributed by atoms with Crippen molar-refractivity contribution >= 4 is 28.7 Å². The highest BCUT2D eigenvalue weighted by atomic mass is 32.1. The van der Waals surface area contributed by atoms with Gasteiger partial charge in [0.2, 0.25) is 11.7 Å². The van der Waals surface area contributed by atoms with Crippen LogP contribution < -0.4 is 5.32 Å². The summed E-state index contributed by atoms with van der Waals surface area (Å²) < 4.78 is 5.67. The van der Waals surface area contributed by atoms with E-state index in [0.29, 0.717) is 27.6 Å². The summed E-state index contributed by atoms with van der Waals surface area (Å²) in [5.41, 5.74) is 2.90. The number of thiophene rings is 1. The Morgan fingerprint density at radius 3 is 2.45 bits per heavy atom. The van der Waals surface area contributed by atoms with Gasteiger partial charge in [-0.05, 0) is 49.6 Å². The number of nitrogens with one attached hydrogen (secondary N) is 1. The fourth-order valence-electron chi connectivity index (χ4n) is 2.94. The van der Waals surface area contributed by atoms with Crippen molar-refractivity contribution in [3.05, 3.63) is 93.5 Å². The molecule has 144 valence electrons. The highest BCUT2D eigenvalue weighted by Crippen LogP contribution is 2.25. The van der Waals surface area contributed by atoms with Crippen molar-refractivity contribution in [3.63, 3.8) is 0 Å². The van der Waals surface area contributed by atoms with Crippen LogP contribution in [0.1, 0.15) is 37.0 Å². The maximum atomic E-state index is 12.9. The van der Waals surface area contributed by atoms with Gasteiger partial charge >= 0.3 is 0 Å². The molecule has 1 amide bonds. The number of aromatic nitrogens is 1. The fraction of sp³-hybridized carbons (Fsp3) is 0.0870. The molecule has 1 N–H and O–H groups in total. The average molecular weight is 402 g/mol. The number of aryl methyl sites for hydroxylation is 2. The third kappa shape index (κ3) is 3.88. The molecule has 0 unspecified atom stereocenters. The molecule has 0 atom stereocenters. The lowest BCUT2D eigenvalue weighted by Gasteiger charge is -2.10. The number of hydrogen-bond acceptors (Lipinski definition) is 5. The van der Waals surface area contributed by atoms with E-state index in [1.54, 1.807) is 42.5 Å². The van der Waals surface area contributed by atoms with Gasteiger partial charge in [-0.2, -0.15) is 0 Å². The molecule has 0 fully saturated rings. The second kappa shape index (κ2) is 7.85. The first-order chi connectivity index (χ1) is 14.0. The van der Waals surface area contributed by atoms with Crippen LogP contribution in [0.2, 0.25) is 0 Å². The minimum Gasteiger partial charge on any atom is -0.441 e. The van der Waals surface area contributed by atoms with E-state index in [4.69, 9.17) is 4.42 Å². The van der Waals surface area contributed by atoms with Crippen LogP contribution in [0.3, 0.4) is 0 Å². The fourth-order valence-corrected chi connectivity index (χ4v) is 3.62. The number of oxazole rings is 1. The summed E-state index contributed by atoms with van der Waals surface area (Å²) in [5, 5.41) is 4.71. The standard InChI is InChI=1S/C23H18N2O3S/c1-14-15(2)28-23(24-14)16-7-5-8-17(13-16)25-22(27)19-10-4-3-9-18(19)21(26)20-11-6-12-29-20/h3-13H,1-2H3,(H,25,27). The van der Waals surface area contributed by atoms with Crippen molar-refractivity contribution in [3.8, 4) is 11.5 Å². The van der Waals surface area contributed by atoms with Crippen molar-refractivity contribution < 1.29 is 14.0 Å². The van der Waals surface area contributed by atoms with E-state index >= 15 is 0 Å². The molecule has 0 aliphatic rings. The molecule has 0 bridgehead atoms. The molecule has 2 heterocycles. The summed E-state index contributed by atoms with van der Waals surface area (Å²) in [5.74, 6) is 0.757. The van der Waals surface area contributed by atoms with Crippen LogP contribution in [-0.4, -0.2) is 16.7 Å². The van der Waals surface area contributed by atoms with Gasteiger partial charge in [0.15, 0.2) is 0 Å². The maximum absolute atomic E-state index is 12.9. The van der Waals surface area contributed by atoms with Crippen LogP contribution in [0, 0.1) is 13.8 Å². The van der Waals surface area contributed by atoms with Crippen LogP contribution in [0.15, 0.2) is 70.5 Å². The molecular formula is C23H18N2O3S. The number of carbonyl (C=O) groups excluding carboxylic acids is 2. The Bertz CT molecular complexity index is 1170. The predicted octanol–water partition coefficient (Wildman–Crippen LogP) is 5.50. The number of ketones is 1. The van der Waals surface area contributed by atoms with Gasteiger partial charge in [0, 0.05) is 16.8 Å². The molecule has 4 aromatic rings. The van der Waals surface area contributed by atoms with Crippen molar-refractivity contribution in [1.82, 2.24) is 4.98 Å². The van der Waals surface area contributed by atoms with Gasteiger partial charge in [-0.15, -0.1) is 11.3 Å². The van der Waals surface area contributed by atoms with E-state index in [2.05, 4.69) is 10.3 Å². The summed E-state index contributed by atoms with van der Waals surface area (Å²) in [6, 6.07) is 17.7. The minimum absolute atomic E-state index is 0.162. The molecule has 0 radical (unpaired) electrons. The van der Waals surface area contributed by atoms with Gasteiger partial charge in [-0.3, -0.25) is 9.59 Å². The Kier molecular flexibility index (Phi) is 5.10. The Balaban J connectivity index is 1.61. The number of carbonyl (C=O) groups is 2. The summed E-state index contributed by atoms with van der Waals surface area (Å²) in [6.07, 6.45) is 0. The largest absolute Gasteiger partial charge is 0.441 e. The predicted molar refractivity (Wildman–Crippen MR) is 114 cm³/mol. The summed E-state index contributed by atoms with van der Waals surface area (Å²) in [4.78, 5) is 30.7. The van der Waals surface area contributed by atoms with Gasteiger partial charge in [-0.1, -0.05) is 30.3 Å². The topological polar surface area (TPSA) is 72.2 Å². The van der Waals surface area contributed by atoms with Crippen molar-refractivity contribution in [2.75, 3.05) is 5.32 Å². The number of amides is 1. The molecule has 29 heavy (non-hydrogen) atoms. The van der Waals surface area contributed by atoms with Crippen LogP contribution in [0.5, 0.6) is 0 Å². The summed E-state index contributed by atoms with van der Waals surface area (Å²) >= 11 is 1.35. The molecule has 0 saturated carbocycles. The van der Waals surface area contributed by atoms with Gasteiger partial charge in [-0.25, -0.2) is 4.98 Å². The Labute approximate surface area is 172 Å². The molecule has 4 rings (SSSR count). The minimum atomic E-state index is -0.345. The lowest BCUT2D eigenvalue weighted by atomic mass is 10.0. The first kappa shape index (κ1) is 18.8. The SMILES string of the molecule is Cc1nc(-c2cccc(NC(=O)c3ccccc3C(=O)c3cccs3)c2)oc1C. The molecule has 0 aliphatic heterocycles. The smallest absolute Gasteiger partial charge is 0.256 e. The van der Waals surface area contributed by atoms with Gasteiger partial charge in [0.1, 0.15) is 5.76 Å². The Morgan fingerprint density at radius 1 is 0.966 bits per heavy atom. The monoisotopic (exact) mass is 402 g/mol. The molecule has 2 aromatic carbocycles. The number of anilines is 1. The molecule has 0 spiro atoms. The van der Waals surface area contributed by atoms with Crippen molar-refractivity contribution in [1.29, 1.82) is 0 Å². The number of rotatable bonds is 5. The quantitative estimate of drug-likeness (QED) is 0.447. The van der Waals surface area contributed by atoms with Crippen molar-refractivity contribution in [2.45, 2.75) is 13.8 Å². The summed E-state index contributed by atoms with van der Waals surface area (Å²) in [6.45, 7) is 3.74. The zero-order valence-corrected chi connectivity index (χ0v) is 16.7. The highest BCUT2D eigenvalue weighted by molar-refractivity contribution is 7.12. The molecule has 0 saturated heterocycles. The lowest BCUT2D eigenvalue weighted by molar-refractivity contribution is 0.0998. The Hall–Kier alpha value is -3.51. The van der Waals surface area contributed by atoms with Crippen LogP contribution in [0.25, 0.3) is 11.5 Å². The van der Waals surface area contributed by atoms with Gasteiger partial charge < -0.3 is 9.73 Å². The Morgan fingerprint density at radius 2 is 1.76 bits per heavy atom. The normalized spacial score (nSPS) is 10.7. The number of nitrogens with zero attached hydrogens (tertiary/aromatic N) is 1. The van der Waals surface area contributed by atoms with E-state index in [0.717, 1.165) is 17.0 Å². The highest BCUT2D eigenvalue weighted by Gasteiger charge is 2.19. The van der Waals surface area contributed by atoms with Gasteiger partial charge in [0.25, 0.3) is 5.91 Å².